The molecule has 7 nitrogen and oxygen atoms in total. The Hall–Kier alpha value is -3.26. The third-order valence-corrected chi connectivity index (χ3v) is 5.38. The van der Waals surface area contributed by atoms with E-state index in [1.807, 2.05) is 71.2 Å². The van der Waals surface area contributed by atoms with Crippen molar-refractivity contribution in [2.75, 3.05) is 13.2 Å². The van der Waals surface area contributed by atoms with Crippen molar-refractivity contribution in [3.05, 3.63) is 78.0 Å². The van der Waals surface area contributed by atoms with Crippen LogP contribution in [-0.2, 0) is 9.53 Å². The van der Waals surface area contributed by atoms with Crippen molar-refractivity contribution in [1.29, 1.82) is 0 Å². The first-order chi connectivity index (χ1) is 14.6. The second-order valence-corrected chi connectivity index (χ2v) is 7.44. The lowest BCUT2D eigenvalue weighted by molar-refractivity contribution is -0.143. The third kappa shape index (κ3) is 3.91. The van der Waals surface area contributed by atoms with E-state index in [2.05, 4.69) is 15.3 Å². The number of carbonyl (C=O) groups is 1. The van der Waals surface area contributed by atoms with Crippen LogP contribution in [-0.4, -0.2) is 43.7 Å². The highest BCUT2D eigenvalue weighted by molar-refractivity contribution is 7.80. The second kappa shape index (κ2) is 8.62. The maximum absolute atomic E-state index is 12.3. The first-order valence-corrected chi connectivity index (χ1v) is 10.2. The van der Waals surface area contributed by atoms with Gasteiger partial charge in [-0.3, -0.25) is 9.78 Å². The minimum Gasteiger partial charge on any atom is -0.465 e. The summed E-state index contributed by atoms with van der Waals surface area (Å²) in [5, 5.41) is 3.84. The lowest BCUT2D eigenvalue weighted by Crippen LogP contribution is -2.36. The Balaban J connectivity index is 1.77. The zero-order valence-electron chi connectivity index (χ0n) is 16.9. The van der Waals surface area contributed by atoms with Crippen LogP contribution in [0.4, 0.5) is 0 Å². The Morgan fingerprint density at radius 2 is 2.07 bits per heavy atom. The first kappa shape index (κ1) is 20.0. The summed E-state index contributed by atoms with van der Waals surface area (Å²) in [6.45, 7) is 4.18. The van der Waals surface area contributed by atoms with Gasteiger partial charge in [0.1, 0.15) is 12.4 Å². The van der Waals surface area contributed by atoms with E-state index in [1.165, 1.54) is 0 Å². The Kier molecular flexibility index (Phi) is 5.76. The molecule has 1 aliphatic rings. The van der Waals surface area contributed by atoms with Gasteiger partial charge < -0.3 is 19.5 Å². The van der Waals surface area contributed by atoms with Crippen molar-refractivity contribution in [3.63, 3.8) is 0 Å². The van der Waals surface area contributed by atoms with Crippen LogP contribution in [0.5, 0.6) is 0 Å². The quantitative estimate of drug-likeness (QED) is 0.484. The van der Waals surface area contributed by atoms with Crippen molar-refractivity contribution in [1.82, 2.24) is 24.8 Å². The van der Waals surface area contributed by atoms with Crippen molar-refractivity contribution in [3.8, 4) is 5.82 Å². The van der Waals surface area contributed by atoms with Crippen LogP contribution in [0.1, 0.15) is 36.0 Å². The number of pyridine rings is 2. The average Bonchev–Trinajstić information content (AvgIpc) is 3.34. The fraction of sp³-hybridized carbons (Fsp3) is 0.273. The van der Waals surface area contributed by atoms with Gasteiger partial charge in [0.2, 0.25) is 0 Å². The summed E-state index contributed by atoms with van der Waals surface area (Å²) in [4.78, 5) is 23.3. The molecule has 0 aliphatic carbocycles. The molecule has 0 radical (unpaired) electrons. The molecule has 30 heavy (non-hydrogen) atoms. The van der Waals surface area contributed by atoms with Crippen molar-refractivity contribution in [2.24, 2.45) is 0 Å². The van der Waals surface area contributed by atoms with Gasteiger partial charge in [0.25, 0.3) is 0 Å². The molecule has 4 heterocycles. The summed E-state index contributed by atoms with van der Waals surface area (Å²) in [6, 6.07) is 13.3. The van der Waals surface area contributed by atoms with Crippen LogP contribution in [0.25, 0.3) is 5.82 Å². The molecule has 1 aliphatic heterocycles. The van der Waals surface area contributed by atoms with Gasteiger partial charge in [0.15, 0.2) is 5.11 Å². The maximum atomic E-state index is 12.3. The van der Waals surface area contributed by atoms with Crippen LogP contribution in [0, 0.1) is 6.92 Å². The average molecular weight is 422 g/mol. The summed E-state index contributed by atoms with van der Waals surface area (Å²) in [6.07, 6.45) is 5.56. The number of hydrogen-bond acceptors (Lipinski definition) is 5. The standard InChI is InChI=1S/C22H23N5O2S/c1-3-29-19(28)14-27-21(20(25-22(27)30)16-7-4-5-11-23-16)17-8-6-12-26(17)18-10-9-15(2)13-24-18/h4-13,20-21H,3,14H2,1-2H3,(H,25,30)/t20-,21-/m0/s1. The van der Waals surface area contributed by atoms with E-state index in [0.29, 0.717) is 11.7 Å². The Bertz CT molecular complexity index is 1040. The fourth-order valence-corrected chi connectivity index (χ4v) is 3.99. The van der Waals surface area contributed by atoms with Gasteiger partial charge in [-0.15, -0.1) is 0 Å². The number of hydrogen-bond donors (Lipinski definition) is 1. The van der Waals surface area contributed by atoms with E-state index in [4.69, 9.17) is 17.0 Å². The number of carbonyl (C=O) groups excluding carboxylic acids is 1. The minimum absolute atomic E-state index is 0.0557. The summed E-state index contributed by atoms with van der Waals surface area (Å²) in [7, 11) is 0. The number of thiocarbonyl (C=S) groups is 1. The third-order valence-electron chi connectivity index (χ3n) is 5.03. The van der Waals surface area contributed by atoms with Crippen LogP contribution in [0.15, 0.2) is 61.1 Å². The molecule has 1 fully saturated rings. The molecule has 8 heteroatoms. The van der Waals surface area contributed by atoms with E-state index >= 15 is 0 Å². The molecule has 0 saturated carbocycles. The van der Waals surface area contributed by atoms with Gasteiger partial charge in [-0.2, -0.15) is 0 Å². The zero-order valence-corrected chi connectivity index (χ0v) is 17.7. The van der Waals surface area contributed by atoms with Crippen molar-refractivity contribution in [2.45, 2.75) is 25.9 Å². The fourth-order valence-electron chi connectivity index (χ4n) is 3.69. The highest BCUT2D eigenvalue weighted by atomic mass is 32.1. The van der Waals surface area contributed by atoms with E-state index in [1.54, 1.807) is 13.1 Å². The van der Waals surface area contributed by atoms with Crippen LogP contribution in [0.2, 0.25) is 0 Å². The molecule has 3 aromatic rings. The topological polar surface area (TPSA) is 72.3 Å². The number of aryl methyl sites for hydroxylation is 1. The van der Waals surface area contributed by atoms with Crippen LogP contribution < -0.4 is 5.32 Å². The summed E-state index contributed by atoms with van der Waals surface area (Å²) < 4.78 is 7.21. The number of ether oxygens (including phenoxy) is 1. The van der Waals surface area contributed by atoms with Gasteiger partial charge in [0, 0.05) is 24.3 Å². The Morgan fingerprint density at radius 1 is 1.20 bits per heavy atom. The Labute approximate surface area is 180 Å². The van der Waals surface area contributed by atoms with Crippen molar-refractivity contribution < 1.29 is 9.53 Å². The molecule has 3 aromatic heterocycles. The molecule has 0 unspecified atom stereocenters. The van der Waals surface area contributed by atoms with Gasteiger partial charge in [0.05, 0.1) is 24.4 Å². The van der Waals surface area contributed by atoms with E-state index in [-0.39, 0.29) is 24.6 Å². The monoisotopic (exact) mass is 421 g/mol. The largest absolute Gasteiger partial charge is 0.465 e. The van der Waals surface area contributed by atoms with Gasteiger partial charge in [-0.25, -0.2) is 4.98 Å². The van der Waals surface area contributed by atoms with E-state index in [0.717, 1.165) is 22.8 Å². The van der Waals surface area contributed by atoms with Crippen LogP contribution >= 0.6 is 12.2 Å². The lowest BCUT2D eigenvalue weighted by atomic mass is 10.0. The molecule has 1 saturated heterocycles. The molecule has 0 bridgehead atoms. The molecular weight excluding hydrogens is 398 g/mol. The molecular formula is C22H23N5O2S. The predicted molar refractivity (Wildman–Crippen MR) is 117 cm³/mol. The smallest absolute Gasteiger partial charge is 0.325 e. The number of rotatable bonds is 6. The van der Waals surface area contributed by atoms with E-state index < -0.39 is 0 Å². The summed E-state index contributed by atoms with van der Waals surface area (Å²) in [5.74, 6) is 0.481. The Morgan fingerprint density at radius 3 is 2.77 bits per heavy atom. The van der Waals surface area contributed by atoms with E-state index in [9.17, 15) is 4.79 Å². The number of nitrogens with one attached hydrogen (secondary N) is 1. The zero-order chi connectivity index (χ0) is 21.1. The highest BCUT2D eigenvalue weighted by Crippen LogP contribution is 2.39. The molecule has 0 amide bonds. The first-order valence-electron chi connectivity index (χ1n) is 9.82. The summed E-state index contributed by atoms with van der Waals surface area (Å²) >= 11 is 5.60. The predicted octanol–water partition coefficient (Wildman–Crippen LogP) is 3.11. The van der Waals surface area contributed by atoms with Gasteiger partial charge >= 0.3 is 5.97 Å². The molecule has 2 atom stereocenters. The molecule has 154 valence electrons. The SMILES string of the molecule is CCOC(=O)CN1C(=S)N[C@@H](c2ccccn2)[C@@H]1c1cccn1-c1ccc(C)cn1. The van der Waals surface area contributed by atoms with Gasteiger partial charge in [-0.1, -0.05) is 12.1 Å². The van der Waals surface area contributed by atoms with Crippen molar-refractivity contribution >= 4 is 23.3 Å². The number of esters is 1. The lowest BCUT2D eigenvalue weighted by Gasteiger charge is -2.28. The maximum Gasteiger partial charge on any atom is 0.325 e. The molecule has 1 N–H and O–H groups in total. The number of nitrogens with zero attached hydrogens (tertiary/aromatic N) is 4. The minimum atomic E-state index is -0.320. The normalized spacial score (nSPS) is 18.3. The second-order valence-electron chi connectivity index (χ2n) is 7.06. The molecule has 0 spiro atoms. The van der Waals surface area contributed by atoms with Crippen LogP contribution in [0.3, 0.4) is 0 Å². The molecule has 0 aromatic carbocycles. The highest BCUT2D eigenvalue weighted by Gasteiger charge is 2.42. The number of aromatic nitrogens is 3. The molecule has 4 rings (SSSR count). The summed E-state index contributed by atoms with van der Waals surface area (Å²) in [5.41, 5.74) is 2.89. The van der Waals surface area contributed by atoms with Gasteiger partial charge in [-0.05, 0) is 62.0 Å².